The predicted octanol–water partition coefficient (Wildman–Crippen LogP) is 3.78. The fourth-order valence-electron chi connectivity index (χ4n) is 4.03. The van der Waals surface area contributed by atoms with Crippen LogP contribution in [0.15, 0.2) is 30.3 Å². The third-order valence-corrected chi connectivity index (χ3v) is 5.02. The Bertz CT molecular complexity index is 848. The summed E-state index contributed by atoms with van der Waals surface area (Å²) in [6.45, 7) is 4.85. The molecule has 0 spiro atoms. The Kier molecular flexibility index (Phi) is 3.83. The highest BCUT2D eigenvalue weighted by Gasteiger charge is 2.30. The van der Waals surface area contributed by atoms with Crippen LogP contribution in [0.1, 0.15) is 45.5 Å². The van der Waals surface area contributed by atoms with Crippen molar-refractivity contribution in [3.63, 3.8) is 0 Å². The first-order chi connectivity index (χ1) is 12.0. The van der Waals surface area contributed by atoms with Crippen LogP contribution in [0.2, 0.25) is 0 Å². The molecule has 25 heavy (non-hydrogen) atoms. The van der Waals surface area contributed by atoms with Gasteiger partial charge >= 0.3 is 0 Å². The maximum absolute atomic E-state index is 12.8. The summed E-state index contributed by atoms with van der Waals surface area (Å²) < 4.78 is 0. The van der Waals surface area contributed by atoms with Crippen molar-refractivity contribution in [1.82, 2.24) is 0 Å². The van der Waals surface area contributed by atoms with Gasteiger partial charge in [-0.1, -0.05) is 6.07 Å². The molecule has 0 saturated carbocycles. The SMILES string of the molecule is Cc1cc(C)cc(NC(=O)c2cc3c4c(c2)CCC(=O)N4CCC3)c1. The Labute approximate surface area is 147 Å². The molecule has 0 radical (unpaired) electrons. The molecule has 0 aliphatic carbocycles. The number of amides is 2. The Hall–Kier alpha value is -2.62. The Morgan fingerprint density at radius 2 is 1.64 bits per heavy atom. The van der Waals surface area contributed by atoms with Gasteiger partial charge in [-0.15, -0.1) is 0 Å². The fourth-order valence-corrected chi connectivity index (χ4v) is 4.03. The van der Waals surface area contributed by atoms with Gasteiger partial charge in [-0.2, -0.15) is 0 Å². The topological polar surface area (TPSA) is 49.4 Å². The van der Waals surface area contributed by atoms with Gasteiger partial charge in [0.15, 0.2) is 0 Å². The van der Waals surface area contributed by atoms with E-state index in [1.807, 2.05) is 43.0 Å². The number of aryl methyl sites for hydroxylation is 4. The highest BCUT2D eigenvalue weighted by molar-refractivity contribution is 6.06. The summed E-state index contributed by atoms with van der Waals surface area (Å²) >= 11 is 0. The van der Waals surface area contributed by atoms with E-state index in [4.69, 9.17) is 0 Å². The summed E-state index contributed by atoms with van der Waals surface area (Å²) in [7, 11) is 0. The molecule has 4 rings (SSSR count). The van der Waals surface area contributed by atoms with Crippen molar-refractivity contribution in [3.05, 3.63) is 58.1 Å². The second-order valence-corrected chi connectivity index (χ2v) is 7.12. The first-order valence-corrected chi connectivity index (χ1v) is 8.87. The average molecular weight is 334 g/mol. The van der Waals surface area contributed by atoms with E-state index in [9.17, 15) is 9.59 Å². The van der Waals surface area contributed by atoms with Crippen LogP contribution in [0.25, 0.3) is 0 Å². The van der Waals surface area contributed by atoms with Gasteiger partial charge in [-0.05, 0) is 79.6 Å². The lowest BCUT2D eigenvalue weighted by atomic mass is 9.89. The Morgan fingerprint density at radius 3 is 2.36 bits per heavy atom. The normalized spacial score (nSPS) is 15.8. The van der Waals surface area contributed by atoms with Gasteiger partial charge in [0.25, 0.3) is 5.91 Å². The maximum Gasteiger partial charge on any atom is 0.255 e. The van der Waals surface area contributed by atoms with Crippen LogP contribution in [-0.4, -0.2) is 18.4 Å². The quantitative estimate of drug-likeness (QED) is 0.908. The second kappa shape index (κ2) is 6.03. The zero-order chi connectivity index (χ0) is 17.6. The maximum atomic E-state index is 12.8. The number of anilines is 2. The minimum atomic E-state index is -0.0851. The largest absolute Gasteiger partial charge is 0.322 e. The van der Waals surface area contributed by atoms with Crippen LogP contribution >= 0.6 is 0 Å². The predicted molar refractivity (Wildman–Crippen MR) is 99.3 cm³/mol. The summed E-state index contributed by atoms with van der Waals surface area (Å²) in [5, 5.41) is 3.02. The van der Waals surface area contributed by atoms with Gasteiger partial charge in [0.2, 0.25) is 5.91 Å². The van der Waals surface area contributed by atoms with Crippen LogP contribution in [0.5, 0.6) is 0 Å². The highest BCUT2D eigenvalue weighted by Crippen LogP contribution is 2.36. The van der Waals surface area contributed by atoms with Gasteiger partial charge < -0.3 is 10.2 Å². The smallest absolute Gasteiger partial charge is 0.255 e. The first-order valence-electron chi connectivity index (χ1n) is 8.87. The van der Waals surface area contributed by atoms with Crippen molar-refractivity contribution in [2.75, 3.05) is 16.8 Å². The number of rotatable bonds is 2. The molecule has 2 aromatic carbocycles. The lowest BCUT2D eigenvalue weighted by Gasteiger charge is -2.35. The lowest BCUT2D eigenvalue weighted by Crippen LogP contribution is -2.39. The van der Waals surface area contributed by atoms with E-state index < -0.39 is 0 Å². The molecule has 4 heteroatoms. The van der Waals surface area contributed by atoms with E-state index in [2.05, 4.69) is 11.4 Å². The molecule has 0 fully saturated rings. The van der Waals surface area contributed by atoms with Crippen LogP contribution in [0.3, 0.4) is 0 Å². The number of nitrogens with zero attached hydrogens (tertiary/aromatic N) is 1. The molecule has 0 saturated heterocycles. The van der Waals surface area contributed by atoms with E-state index in [1.54, 1.807) is 0 Å². The number of carbonyl (C=O) groups excluding carboxylic acids is 2. The zero-order valence-corrected chi connectivity index (χ0v) is 14.7. The van der Waals surface area contributed by atoms with Crippen molar-refractivity contribution in [3.8, 4) is 0 Å². The van der Waals surface area contributed by atoms with Crippen LogP contribution in [0.4, 0.5) is 11.4 Å². The number of hydrogen-bond donors (Lipinski definition) is 1. The minimum Gasteiger partial charge on any atom is -0.322 e. The van der Waals surface area contributed by atoms with Gasteiger partial charge in [-0.3, -0.25) is 9.59 Å². The summed E-state index contributed by atoms with van der Waals surface area (Å²) in [4.78, 5) is 26.8. The number of carbonyl (C=O) groups is 2. The third kappa shape index (κ3) is 2.93. The molecule has 2 heterocycles. The summed E-state index contributed by atoms with van der Waals surface area (Å²) in [6.07, 6.45) is 3.15. The van der Waals surface area contributed by atoms with E-state index in [0.717, 1.165) is 59.4 Å². The number of nitrogens with one attached hydrogen (secondary N) is 1. The monoisotopic (exact) mass is 334 g/mol. The van der Waals surface area contributed by atoms with E-state index >= 15 is 0 Å². The van der Waals surface area contributed by atoms with Crippen LogP contribution in [-0.2, 0) is 17.6 Å². The van der Waals surface area contributed by atoms with Crippen LogP contribution in [0, 0.1) is 13.8 Å². The zero-order valence-electron chi connectivity index (χ0n) is 14.7. The summed E-state index contributed by atoms with van der Waals surface area (Å²) in [5.41, 5.74) is 7.08. The van der Waals surface area contributed by atoms with Gasteiger partial charge in [0, 0.05) is 24.2 Å². The lowest BCUT2D eigenvalue weighted by molar-refractivity contribution is -0.119. The third-order valence-electron chi connectivity index (χ3n) is 5.02. The van der Waals surface area contributed by atoms with Gasteiger partial charge in [0.1, 0.15) is 0 Å². The highest BCUT2D eigenvalue weighted by atomic mass is 16.2. The van der Waals surface area contributed by atoms with E-state index in [1.165, 1.54) is 0 Å². The molecule has 0 aromatic heterocycles. The Balaban J connectivity index is 1.67. The molecular weight excluding hydrogens is 312 g/mol. The number of hydrogen-bond acceptors (Lipinski definition) is 2. The van der Waals surface area contributed by atoms with E-state index in [0.29, 0.717) is 12.0 Å². The van der Waals surface area contributed by atoms with Crippen molar-refractivity contribution in [2.45, 2.75) is 39.5 Å². The van der Waals surface area contributed by atoms with Crippen molar-refractivity contribution in [1.29, 1.82) is 0 Å². The van der Waals surface area contributed by atoms with E-state index in [-0.39, 0.29) is 11.8 Å². The van der Waals surface area contributed by atoms with Gasteiger partial charge in [-0.25, -0.2) is 0 Å². The second-order valence-electron chi connectivity index (χ2n) is 7.12. The standard InChI is InChI=1S/C21H22N2O2/c1-13-8-14(2)10-18(9-13)22-21(25)17-11-15-4-3-7-23-19(24)6-5-16(12-17)20(15)23/h8-12H,3-7H2,1-2H3,(H,22,25). The molecule has 0 unspecified atom stereocenters. The molecule has 128 valence electrons. The molecule has 0 atom stereocenters. The average Bonchev–Trinajstić information content (AvgIpc) is 2.57. The fraction of sp³-hybridized carbons (Fsp3) is 0.333. The Morgan fingerprint density at radius 1 is 0.960 bits per heavy atom. The van der Waals surface area contributed by atoms with Crippen molar-refractivity contribution >= 4 is 23.2 Å². The molecule has 2 aromatic rings. The van der Waals surface area contributed by atoms with Crippen molar-refractivity contribution < 1.29 is 9.59 Å². The molecule has 2 amide bonds. The minimum absolute atomic E-state index is 0.0851. The van der Waals surface area contributed by atoms with Gasteiger partial charge in [0.05, 0.1) is 5.69 Å². The molecule has 1 N–H and O–H groups in total. The number of benzene rings is 2. The molecule has 0 bridgehead atoms. The summed E-state index contributed by atoms with van der Waals surface area (Å²) in [6, 6.07) is 9.97. The molecule has 4 nitrogen and oxygen atoms in total. The molecule has 2 aliphatic heterocycles. The molecular formula is C21H22N2O2. The summed E-state index contributed by atoms with van der Waals surface area (Å²) in [5.74, 6) is 0.124. The molecule has 2 aliphatic rings. The first kappa shape index (κ1) is 15.9. The van der Waals surface area contributed by atoms with Crippen molar-refractivity contribution in [2.24, 2.45) is 0 Å². The van der Waals surface area contributed by atoms with Crippen LogP contribution < -0.4 is 10.2 Å².